The number of rotatable bonds is 6. The van der Waals surface area contributed by atoms with E-state index in [0.717, 1.165) is 38.0 Å². The van der Waals surface area contributed by atoms with Gasteiger partial charge in [0.15, 0.2) is 0 Å². The number of benzene rings is 1. The topological polar surface area (TPSA) is 38.7 Å². The zero-order valence-electron chi connectivity index (χ0n) is 15.4. The second-order valence-electron chi connectivity index (χ2n) is 7.50. The van der Waals surface area contributed by atoms with Crippen molar-refractivity contribution in [2.45, 2.75) is 57.7 Å². The second-order valence-corrected chi connectivity index (χ2v) is 7.50. The Morgan fingerprint density at radius 3 is 2.48 bits per heavy atom. The van der Waals surface area contributed by atoms with Crippen LogP contribution in [0.15, 0.2) is 18.2 Å². The lowest BCUT2D eigenvalue weighted by atomic mass is 10.0. The summed E-state index contributed by atoms with van der Waals surface area (Å²) in [6.07, 6.45) is 4.79. The number of piperidine rings is 2. The minimum absolute atomic E-state index is 0.145. The van der Waals surface area contributed by atoms with E-state index in [0.29, 0.717) is 11.7 Å². The van der Waals surface area contributed by atoms with E-state index in [4.69, 9.17) is 0 Å². The summed E-state index contributed by atoms with van der Waals surface area (Å²) in [4.78, 5) is 4.57. The van der Waals surface area contributed by atoms with Gasteiger partial charge in [-0.05, 0) is 69.4 Å². The lowest BCUT2D eigenvalue weighted by Gasteiger charge is -2.32. The van der Waals surface area contributed by atoms with Crippen LogP contribution in [-0.4, -0.2) is 54.9 Å². The molecule has 0 aliphatic carbocycles. The third kappa shape index (κ3) is 5.16. The van der Waals surface area contributed by atoms with Crippen molar-refractivity contribution in [3.63, 3.8) is 0 Å². The Bertz CT molecular complexity index is 538. The van der Waals surface area contributed by atoms with Crippen molar-refractivity contribution in [2.24, 2.45) is 0 Å². The van der Waals surface area contributed by atoms with Crippen LogP contribution >= 0.6 is 0 Å². The fourth-order valence-corrected chi connectivity index (χ4v) is 3.96. The van der Waals surface area contributed by atoms with Gasteiger partial charge in [-0.1, -0.05) is 13.0 Å². The van der Waals surface area contributed by atoms with Crippen molar-refractivity contribution in [1.29, 1.82) is 0 Å². The largest absolute Gasteiger partial charge is 0.393 e. The van der Waals surface area contributed by atoms with Gasteiger partial charge in [0.1, 0.15) is 5.82 Å². The third-order valence-corrected chi connectivity index (χ3v) is 5.54. The van der Waals surface area contributed by atoms with E-state index in [1.54, 1.807) is 6.07 Å². The van der Waals surface area contributed by atoms with E-state index < -0.39 is 0 Å². The van der Waals surface area contributed by atoms with Crippen molar-refractivity contribution in [1.82, 2.24) is 10.2 Å². The summed E-state index contributed by atoms with van der Waals surface area (Å²) in [5, 5.41) is 13.2. The summed E-state index contributed by atoms with van der Waals surface area (Å²) in [7, 11) is 0. The molecule has 2 N–H and O–H groups in total. The molecule has 1 aromatic carbocycles. The Morgan fingerprint density at radius 2 is 1.84 bits per heavy atom. The van der Waals surface area contributed by atoms with Crippen LogP contribution in [0.2, 0.25) is 0 Å². The molecule has 2 aliphatic heterocycles. The fourth-order valence-electron chi connectivity index (χ4n) is 3.96. The van der Waals surface area contributed by atoms with Gasteiger partial charge in [-0.25, -0.2) is 4.39 Å². The van der Waals surface area contributed by atoms with Crippen LogP contribution in [0.3, 0.4) is 0 Å². The molecule has 0 amide bonds. The molecule has 0 unspecified atom stereocenters. The molecule has 2 aliphatic rings. The first kappa shape index (κ1) is 18.6. The van der Waals surface area contributed by atoms with Gasteiger partial charge in [-0.15, -0.1) is 0 Å². The maximum Gasteiger partial charge on any atom is 0.146 e. The maximum absolute atomic E-state index is 14.5. The van der Waals surface area contributed by atoms with Crippen molar-refractivity contribution in [3.05, 3.63) is 29.6 Å². The van der Waals surface area contributed by atoms with Gasteiger partial charge in [0.25, 0.3) is 0 Å². The summed E-state index contributed by atoms with van der Waals surface area (Å²) in [5.74, 6) is -0.145. The highest BCUT2D eigenvalue weighted by Crippen LogP contribution is 2.24. The molecule has 0 radical (unpaired) electrons. The third-order valence-electron chi connectivity index (χ3n) is 5.54. The molecule has 1 aromatic rings. The maximum atomic E-state index is 14.5. The molecule has 25 heavy (non-hydrogen) atoms. The number of nitrogens with one attached hydrogen (secondary N) is 1. The smallest absolute Gasteiger partial charge is 0.146 e. The van der Waals surface area contributed by atoms with E-state index in [1.165, 1.54) is 38.9 Å². The zero-order chi connectivity index (χ0) is 17.6. The molecule has 2 fully saturated rings. The van der Waals surface area contributed by atoms with Gasteiger partial charge in [-0.3, -0.25) is 0 Å². The van der Waals surface area contributed by atoms with Crippen molar-refractivity contribution in [3.8, 4) is 0 Å². The molecule has 0 saturated carbocycles. The van der Waals surface area contributed by atoms with Gasteiger partial charge in [0, 0.05) is 25.7 Å². The number of nitrogens with zero attached hydrogens (tertiary/aromatic N) is 2. The van der Waals surface area contributed by atoms with Gasteiger partial charge in [0.2, 0.25) is 0 Å². The number of halogens is 1. The predicted octanol–water partition coefficient (Wildman–Crippen LogP) is 2.75. The monoisotopic (exact) mass is 349 g/mol. The van der Waals surface area contributed by atoms with Crippen LogP contribution in [0, 0.1) is 5.82 Å². The second kappa shape index (κ2) is 8.97. The van der Waals surface area contributed by atoms with Crippen LogP contribution in [0.4, 0.5) is 10.1 Å². The van der Waals surface area contributed by atoms with E-state index in [2.05, 4.69) is 17.1 Å². The number of aliphatic hydroxyl groups excluding tert-OH is 1. The Morgan fingerprint density at radius 1 is 1.12 bits per heavy atom. The first-order valence-corrected chi connectivity index (χ1v) is 9.83. The Kier molecular flexibility index (Phi) is 6.68. The highest BCUT2D eigenvalue weighted by Gasteiger charge is 2.20. The Labute approximate surface area is 151 Å². The van der Waals surface area contributed by atoms with E-state index in [1.807, 2.05) is 17.0 Å². The summed E-state index contributed by atoms with van der Waals surface area (Å²) in [6, 6.07) is 6.13. The Hall–Kier alpha value is -1.17. The van der Waals surface area contributed by atoms with Crippen molar-refractivity contribution >= 4 is 5.69 Å². The van der Waals surface area contributed by atoms with Gasteiger partial charge < -0.3 is 20.2 Å². The number of anilines is 1. The van der Waals surface area contributed by atoms with Crippen LogP contribution in [-0.2, 0) is 6.54 Å². The van der Waals surface area contributed by atoms with E-state index in [-0.39, 0.29) is 11.9 Å². The van der Waals surface area contributed by atoms with Crippen molar-refractivity contribution in [2.75, 3.05) is 37.6 Å². The fraction of sp³-hybridized carbons (Fsp3) is 0.700. The van der Waals surface area contributed by atoms with Gasteiger partial charge in [-0.2, -0.15) is 0 Å². The first-order valence-electron chi connectivity index (χ1n) is 9.83. The number of likely N-dealkylation sites (tertiary alicyclic amines) is 1. The summed E-state index contributed by atoms with van der Waals surface area (Å²) in [6.45, 7) is 7.95. The molecular formula is C20H32FN3O. The van der Waals surface area contributed by atoms with E-state index in [9.17, 15) is 9.50 Å². The molecule has 3 rings (SSSR count). The van der Waals surface area contributed by atoms with Gasteiger partial charge >= 0.3 is 0 Å². The average Bonchev–Trinajstić information content (AvgIpc) is 2.62. The molecule has 2 heterocycles. The van der Waals surface area contributed by atoms with Gasteiger partial charge in [0.05, 0.1) is 11.8 Å². The molecule has 0 bridgehead atoms. The minimum atomic E-state index is -0.230. The number of hydrogen-bond donors (Lipinski definition) is 2. The Balaban J connectivity index is 1.48. The highest BCUT2D eigenvalue weighted by atomic mass is 19.1. The summed E-state index contributed by atoms with van der Waals surface area (Å²) in [5.41, 5.74) is 1.68. The summed E-state index contributed by atoms with van der Waals surface area (Å²) < 4.78 is 14.5. The van der Waals surface area contributed by atoms with Crippen LogP contribution < -0.4 is 10.2 Å². The molecule has 0 atom stereocenters. The molecular weight excluding hydrogens is 317 g/mol. The van der Waals surface area contributed by atoms with Crippen LogP contribution in [0.1, 0.15) is 44.6 Å². The number of aliphatic hydroxyl groups is 1. The first-order chi connectivity index (χ1) is 12.2. The molecule has 0 aromatic heterocycles. The molecule has 2 saturated heterocycles. The molecule has 0 spiro atoms. The highest BCUT2D eigenvalue weighted by molar-refractivity contribution is 5.49. The van der Waals surface area contributed by atoms with Crippen LogP contribution in [0.25, 0.3) is 0 Å². The lowest BCUT2D eigenvalue weighted by molar-refractivity contribution is 0.145. The molecule has 4 nitrogen and oxygen atoms in total. The lowest BCUT2D eigenvalue weighted by Crippen LogP contribution is -2.42. The molecule has 5 heteroatoms. The molecule has 140 valence electrons. The minimum Gasteiger partial charge on any atom is -0.393 e. The quantitative estimate of drug-likeness (QED) is 0.828. The zero-order valence-corrected chi connectivity index (χ0v) is 15.4. The number of hydrogen-bond acceptors (Lipinski definition) is 4. The standard InChI is InChI=1S/C20H32FN3O/c1-2-9-23-10-5-17(6-11-23)22-15-16-3-4-20(19(21)14-16)24-12-7-18(25)8-13-24/h3-4,14,17-18,22,25H,2,5-13,15H2,1H3. The predicted molar refractivity (Wildman–Crippen MR) is 100 cm³/mol. The normalized spacial score (nSPS) is 21.0. The van der Waals surface area contributed by atoms with Crippen LogP contribution in [0.5, 0.6) is 0 Å². The van der Waals surface area contributed by atoms with Crippen molar-refractivity contribution < 1.29 is 9.50 Å². The average molecular weight is 349 g/mol. The SMILES string of the molecule is CCCN1CCC(NCc2ccc(N3CCC(O)CC3)c(F)c2)CC1. The summed E-state index contributed by atoms with van der Waals surface area (Å²) >= 11 is 0. The van der Waals surface area contributed by atoms with E-state index >= 15 is 0 Å².